The fourth-order valence-electron chi connectivity index (χ4n) is 1.41. The lowest BCUT2D eigenvalue weighted by atomic mass is 10.1. The van der Waals surface area contributed by atoms with E-state index in [1.54, 1.807) is 18.2 Å². The summed E-state index contributed by atoms with van der Waals surface area (Å²) in [5.74, 6) is -0.100. The van der Waals surface area contributed by atoms with Crippen molar-refractivity contribution in [1.82, 2.24) is 0 Å². The molecule has 1 aromatic carbocycles. The number of aryl methyl sites for hydroxylation is 1. The SMILES string of the molecule is Cc1cc(Cl)ccc1C(=O)Nc1cccs1. The molecule has 0 saturated carbocycles. The number of hydrogen-bond acceptors (Lipinski definition) is 2. The van der Waals surface area contributed by atoms with Crippen LogP contribution in [0.15, 0.2) is 35.7 Å². The molecule has 0 aliphatic rings. The third-order valence-electron chi connectivity index (χ3n) is 2.19. The van der Waals surface area contributed by atoms with E-state index < -0.39 is 0 Å². The van der Waals surface area contributed by atoms with Gasteiger partial charge in [0.05, 0.1) is 5.00 Å². The largest absolute Gasteiger partial charge is 0.314 e. The van der Waals surface area contributed by atoms with Crippen molar-refractivity contribution in [2.75, 3.05) is 5.32 Å². The van der Waals surface area contributed by atoms with Crippen molar-refractivity contribution in [3.05, 3.63) is 51.9 Å². The molecule has 0 unspecified atom stereocenters. The molecule has 0 radical (unpaired) electrons. The van der Waals surface area contributed by atoms with Crippen LogP contribution in [0.3, 0.4) is 0 Å². The van der Waals surface area contributed by atoms with Crippen LogP contribution in [0, 0.1) is 6.92 Å². The second-order valence-electron chi connectivity index (χ2n) is 3.39. The normalized spacial score (nSPS) is 10.1. The van der Waals surface area contributed by atoms with Crippen molar-refractivity contribution in [3.63, 3.8) is 0 Å². The second kappa shape index (κ2) is 4.68. The highest BCUT2D eigenvalue weighted by Crippen LogP contribution is 2.19. The second-order valence-corrected chi connectivity index (χ2v) is 4.77. The van der Waals surface area contributed by atoms with Gasteiger partial charge in [-0.15, -0.1) is 11.3 Å². The van der Waals surface area contributed by atoms with Gasteiger partial charge in [0.2, 0.25) is 0 Å². The molecule has 1 N–H and O–H groups in total. The molecule has 16 heavy (non-hydrogen) atoms. The van der Waals surface area contributed by atoms with Gasteiger partial charge in [0.15, 0.2) is 0 Å². The van der Waals surface area contributed by atoms with E-state index in [9.17, 15) is 4.79 Å². The van der Waals surface area contributed by atoms with Gasteiger partial charge in [0, 0.05) is 10.6 Å². The lowest BCUT2D eigenvalue weighted by Gasteiger charge is -2.06. The van der Waals surface area contributed by atoms with Gasteiger partial charge in [0.25, 0.3) is 5.91 Å². The summed E-state index contributed by atoms with van der Waals surface area (Å²) in [6, 6.07) is 9.01. The van der Waals surface area contributed by atoms with Crippen molar-refractivity contribution in [3.8, 4) is 0 Å². The van der Waals surface area contributed by atoms with E-state index in [4.69, 9.17) is 11.6 Å². The van der Waals surface area contributed by atoms with E-state index in [0.717, 1.165) is 10.6 Å². The van der Waals surface area contributed by atoms with Crippen molar-refractivity contribution in [2.45, 2.75) is 6.92 Å². The Morgan fingerprint density at radius 1 is 1.38 bits per heavy atom. The number of rotatable bonds is 2. The minimum absolute atomic E-state index is 0.100. The molecule has 1 amide bonds. The first-order valence-corrected chi connectivity index (χ1v) is 6.03. The van der Waals surface area contributed by atoms with Crippen LogP contribution in [0.4, 0.5) is 5.00 Å². The molecule has 0 aliphatic heterocycles. The maximum absolute atomic E-state index is 11.9. The Balaban J connectivity index is 2.21. The van der Waals surface area contributed by atoms with Gasteiger partial charge in [-0.05, 0) is 48.2 Å². The topological polar surface area (TPSA) is 29.1 Å². The van der Waals surface area contributed by atoms with Gasteiger partial charge < -0.3 is 5.32 Å². The van der Waals surface area contributed by atoms with Crippen LogP contribution in [0.1, 0.15) is 15.9 Å². The van der Waals surface area contributed by atoms with Gasteiger partial charge in [-0.2, -0.15) is 0 Å². The van der Waals surface area contributed by atoms with Gasteiger partial charge in [0.1, 0.15) is 0 Å². The molecule has 2 rings (SSSR count). The number of carbonyl (C=O) groups excluding carboxylic acids is 1. The Morgan fingerprint density at radius 3 is 2.81 bits per heavy atom. The molecule has 0 bridgehead atoms. The highest BCUT2D eigenvalue weighted by atomic mass is 35.5. The number of thiophene rings is 1. The molecule has 0 spiro atoms. The molecule has 0 fully saturated rings. The Labute approximate surface area is 103 Å². The van der Waals surface area contributed by atoms with E-state index in [-0.39, 0.29) is 5.91 Å². The van der Waals surface area contributed by atoms with E-state index in [1.807, 2.05) is 24.4 Å². The van der Waals surface area contributed by atoms with Crippen LogP contribution >= 0.6 is 22.9 Å². The number of halogens is 1. The van der Waals surface area contributed by atoms with Gasteiger partial charge in [-0.25, -0.2) is 0 Å². The number of hydrogen-bond donors (Lipinski definition) is 1. The minimum Gasteiger partial charge on any atom is -0.314 e. The molecule has 4 heteroatoms. The van der Waals surface area contributed by atoms with E-state index in [0.29, 0.717) is 10.6 Å². The van der Waals surface area contributed by atoms with Crippen LogP contribution in [-0.2, 0) is 0 Å². The Kier molecular flexibility index (Phi) is 3.27. The summed E-state index contributed by atoms with van der Waals surface area (Å²) in [7, 11) is 0. The van der Waals surface area contributed by atoms with Crippen LogP contribution in [0.2, 0.25) is 5.02 Å². The van der Waals surface area contributed by atoms with Crippen LogP contribution in [0.25, 0.3) is 0 Å². The maximum Gasteiger partial charge on any atom is 0.256 e. The lowest BCUT2D eigenvalue weighted by Crippen LogP contribution is -2.12. The van der Waals surface area contributed by atoms with Crippen LogP contribution < -0.4 is 5.32 Å². The Bertz CT molecular complexity index is 508. The Morgan fingerprint density at radius 2 is 2.19 bits per heavy atom. The first-order valence-electron chi connectivity index (χ1n) is 4.78. The molecule has 82 valence electrons. The zero-order valence-electron chi connectivity index (χ0n) is 8.66. The van der Waals surface area contributed by atoms with E-state index in [1.165, 1.54) is 11.3 Å². The van der Waals surface area contributed by atoms with E-state index in [2.05, 4.69) is 5.32 Å². The molecule has 2 aromatic rings. The summed E-state index contributed by atoms with van der Waals surface area (Å²) >= 11 is 7.33. The van der Waals surface area contributed by atoms with Crippen molar-refractivity contribution in [1.29, 1.82) is 0 Å². The highest BCUT2D eigenvalue weighted by molar-refractivity contribution is 7.14. The number of carbonyl (C=O) groups is 1. The maximum atomic E-state index is 11.9. The average Bonchev–Trinajstić information content (AvgIpc) is 2.70. The minimum atomic E-state index is -0.100. The molecule has 0 aliphatic carbocycles. The average molecular weight is 252 g/mol. The summed E-state index contributed by atoms with van der Waals surface area (Å²) < 4.78 is 0. The summed E-state index contributed by atoms with van der Waals surface area (Å²) in [5.41, 5.74) is 1.53. The molecule has 1 heterocycles. The predicted molar refractivity (Wildman–Crippen MR) is 68.5 cm³/mol. The number of benzene rings is 1. The molecular formula is C12H10ClNOS. The predicted octanol–water partition coefficient (Wildman–Crippen LogP) is 3.96. The molecule has 1 aromatic heterocycles. The lowest BCUT2D eigenvalue weighted by molar-refractivity contribution is 0.102. The summed E-state index contributed by atoms with van der Waals surface area (Å²) in [4.78, 5) is 11.9. The summed E-state index contributed by atoms with van der Waals surface area (Å²) in [5, 5.41) is 6.25. The van der Waals surface area contributed by atoms with Gasteiger partial charge in [-0.3, -0.25) is 4.79 Å². The highest BCUT2D eigenvalue weighted by Gasteiger charge is 2.09. The number of amides is 1. The van der Waals surface area contributed by atoms with Gasteiger partial charge >= 0.3 is 0 Å². The molecular weight excluding hydrogens is 242 g/mol. The smallest absolute Gasteiger partial charge is 0.256 e. The number of anilines is 1. The quantitative estimate of drug-likeness (QED) is 0.860. The Hall–Kier alpha value is -1.32. The summed E-state index contributed by atoms with van der Waals surface area (Å²) in [6.45, 7) is 1.87. The fourth-order valence-corrected chi connectivity index (χ4v) is 2.25. The standard InChI is InChI=1S/C12H10ClNOS/c1-8-7-9(13)4-5-10(8)12(15)14-11-3-2-6-16-11/h2-7H,1H3,(H,14,15). The van der Waals surface area contributed by atoms with Gasteiger partial charge in [-0.1, -0.05) is 11.6 Å². The van der Waals surface area contributed by atoms with E-state index >= 15 is 0 Å². The van der Waals surface area contributed by atoms with Crippen LogP contribution in [-0.4, -0.2) is 5.91 Å². The summed E-state index contributed by atoms with van der Waals surface area (Å²) in [6.07, 6.45) is 0. The fraction of sp³-hybridized carbons (Fsp3) is 0.0833. The molecule has 2 nitrogen and oxygen atoms in total. The first kappa shape index (κ1) is 11.2. The zero-order chi connectivity index (χ0) is 11.5. The van der Waals surface area contributed by atoms with Crippen molar-refractivity contribution in [2.24, 2.45) is 0 Å². The first-order chi connectivity index (χ1) is 7.66. The van der Waals surface area contributed by atoms with Crippen molar-refractivity contribution >= 4 is 33.8 Å². The molecule has 0 atom stereocenters. The molecule has 0 saturated heterocycles. The zero-order valence-corrected chi connectivity index (χ0v) is 10.2. The monoisotopic (exact) mass is 251 g/mol. The number of nitrogens with one attached hydrogen (secondary N) is 1. The third kappa shape index (κ3) is 2.43. The third-order valence-corrected chi connectivity index (χ3v) is 3.21. The van der Waals surface area contributed by atoms with Crippen LogP contribution in [0.5, 0.6) is 0 Å². The van der Waals surface area contributed by atoms with Crippen molar-refractivity contribution < 1.29 is 4.79 Å².